The molecular formula is C86H168O17P2. The number of unbranched alkanes of at least 4 members (excludes halogenated alkanes) is 51. The second-order valence-electron chi connectivity index (χ2n) is 32.1. The molecule has 19 heteroatoms. The SMILES string of the molecule is CCCCCCCCCCCCCCCCCCCCCCCCC(=O)OC[C@H](COP(=O)(O)OC[C@@H](O)COP(=O)(O)OC[C@@H](COC(=O)CCCCCCCCC(C)C)OC(=O)CCCCCCCCCCCC(C)C)OC(=O)CCCCCCCCCCCCCCCCCCCCC(C)CC. The van der Waals surface area contributed by atoms with E-state index in [0.717, 1.165) is 108 Å². The van der Waals surface area contributed by atoms with Crippen molar-refractivity contribution in [1.82, 2.24) is 0 Å². The normalized spacial score (nSPS) is 14.1. The van der Waals surface area contributed by atoms with Crippen LogP contribution in [0.3, 0.4) is 0 Å². The lowest BCUT2D eigenvalue weighted by atomic mass is 9.99. The Morgan fingerprint density at radius 3 is 0.724 bits per heavy atom. The molecule has 0 amide bonds. The van der Waals surface area contributed by atoms with E-state index in [2.05, 4.69) is 48.5 Å². The lowest BCUT2D eigenvalue weighted by Gasteiger charge is -2.21. The van der Waals surface area contributed by atoms with Crippen LogP contribution in [0.5, 0.6) is 0 Å². The van der Waals surface area contributed by atoms with E-state index in [1.54, 1.807) is 0 Å². The first-order valence-corrected chi connectivity index (χ1v) is 47.4. The largest absolute Gasteiger partial charge is 0.472 e. The molecule has 105 heavy (non-hydrogen) atoms. The lowest BCUT2D eigenvalue weighted by Crippen LogP contribution is -2.30. The van der Waals surface area contributed by atoms with Gasteiger partial charge in [0.1, 0.15) is 19.3 Å². The average Bonchev–Trinajstić information content (AvgIpc) is 0.912. The summed E-state index contributed by atoms with van der Waals surface area (Å²) in [5.41, 5.74) is 0. The maximum atomic E-state index is 13.1. The molecule has 0 aromatic carbocycles. The van der Waals surface area contributed by atoms with Gasteiger partial charge in [0.05, 0.1) is 26.4 Å². The van der Waals surface area contributed by atoms with Crippen molar-refractivity contribution in [3.05, 3.63) is 0 Å². The van der Waals surface area contributed by atoms with Gasteiger partial charge in [-0.1, -0.05) is 402 Å². The zero-order valence-electron chi connectivity index (χ0n) is 69.2. The minimum absolute atomic E-state index is 0.104. The standard InChI is InChI=1S/C86H168O17P2/c1-8-10-11-12-13-14-15-16-17-18-19-20-21-22-26-29-32-35-40-45-53-60-67-83(88)96-73-81(102-85(90)69-62-55-46-41-36-33-30-27-24-23-25-28-31-34-39-44-52-59-66-79(7)9-2)75-100-104(92,93)98-71-80(87)72-99-105(94,95)101-76-82(74-97-84(89)68-61-54-49-48-51-58-65-78(5)6)103-86(91)70-63-56-47-42-37-38-43-50-57-64-77(3)4/h77-82,87H,8-76H2,1-7H3,(H,92,93)(H,94,95)/t79?,80-,81-,82-/m1/s1. The Balaban J connectivity index is 5.17. The van der Waals surface area contributed by atoms with E-state index in [4.69, 9.17) is 37.0 Å². The summed E-state index contributed by atoms with van der Waals surface area (Å²) in [4.78, 5) is 73.1. The Kier molecular flexibility index (Phi) is 74.7. The van der Waals surface area contributed by atoms with Crippen molar-refractivity contribution in [2.45, 2.75) is 471 Å². The van der Waals surface area contributed by atoms with Crippen LogP contribution in [0.15, 0.2) is 0 Å². The van der Waals surface area contributed by atoms with Gasteiger partial charge in [-0.25, -0.2) is 9.13 Å². The van der Waals surface area contributed by atoms with Crippen LogP contribution in [-0.4, -0.2) is 96.7 Å². The highest BCUT2D eigenvalue weighted by Gasteiger charge is 2.30. The average molecular weight is 1540 g/mol. The fourth-order valence-corrected chi connectivity index (χ4v) is 14.9. The van der Waals surface area contributed by atoms with Crippen LogP contribution < -0.4 is 0 Å². The van der Waals surface area contributed by atoms with E-state index < -0.39 is 97.5 Å². The number of aliphatic hydroxyl groups excluding tert-OH is 1. The summed E-state index contributed by atoms with van der Waals surface area (Å²) in [6.07, 6.45) is 67.1. The summed E-state index contributed by atoms with van der Waals surface area (Å²) in [5.74, 6) is 0.176. The Bertz CT molecular complexity index is 2030. The highest BCUT2D eigenvalue weighted by Crippen LogP contribution is 2.45. The number of phosphoric acid groups is 2. The molecule has 624 valence electrons. The van der Waals surface area contributed by atoms with Crippen molar-refractivity contribution < 1.29 is 80.2 Å². The van der Waals surface area contributed by atoms with Crippen LogP contribution in [-0.2, 0) is 65.4 Å². The van der Waals surface area contributed by atoms with E-state index >= 15 is 0 Å². The van der Waals surface area contributed by atoms with Crippen LogP contribution in [0.25, 0.3) is 0 Å². The van der Waals surface area contributed by atoms with E-state index in [1.165, 1.54) is 257 Å². The van der Waals surface area contributed by atoms with Gasteiger partial charge in [-0.15, -0.1) is 0 Å². The smallest absolute Gasteiger partial charge is 0.462 e. The molecule has 0 rings (SSSR count). The molecule has 0 bridgehead atoms. The summed E-state index contributed by atoms with van der Waals surface area (Å²) in [7, 11) is -9.92. The molecular weight excluding hydrogens is 1370 g/mol. The van der Waals surface area contributed by atoms with Crippen LogP contribution in [0, 0.1) is 17.8 Å². The monoisotopic (exact) mass is 1540 g/mol. The van der Waals surface area contributed by atoms with Gasteiger partial charge >= 0.3 is 39.5 Å². The number of esters is 4. The van der Waals surface area contributed by atoms with Gasteiger partial charge in [-0.05, 0) is 43.4 Å². The summed E-state index contributed by atoms with van der Waals surface area (Å²) < 4.78 is 68.8. The predicted molar refractivity (Wildman–Crippen MR) is 432 cm³/mol. The molecule has 0 saturated carbocycles. The van der Waals surface area contributed by atoms with Crippen molar-refractivity contribution in [1.29, 1.82) is 0 Å². The van der Waals surface area contributed by atoms with E-state index in [9.17, 15) is 43.2 Å². The van der Waals surface area contributed by atoms with Gasteiger partial charge in [0, 0.05) is 25.7 Å². The zero-order chi connectivity index (χ0) is 77.2. The minimum atomic E-state index is -4.97. The minimum Gasteiger partial charge on any atom is -0.462 e. The van der Waals surface area contributed by atoms with Crippen LogP contribution in [0.4, 0.5) is 0 Å². The second kappa shape index (κ2) is 76.1. The van der Waals surface area contributed by atoms with Gasteiger partial charge in [0.25, 0.3) is 0 Å². The first kappa shape index (κ1) is 103. The molecule has 17 nitrogen and oxygen atoms in total. The molecule has 3 N–H and O–H groups in total. The Morgan fingerprint density at radius 2 is 0.486 bits per heavy atom. The number of hydrogen-bond donors (Lipinski definition) is 3. The Morgan fingerprint density at radius 1 is 0.276 bits per heavy atom. The molecule has 0 aromatic heterocycles. The van der Waals surface area contributed by atoms with Gasteiger partial charge < -0.3 is 33.8 Å². The molecule has 6 atom stereocenters. The summed E-state index contributed by atoms with van der Waals surface area (Å²) in [6, 6.07) is 0. The van der Waals surface area contributed by atoms with E-state index in [0.29, 0.717) is 31.6 Å². The fourth-order valence-electron chi connectivity index (χ4n) is 13.3. The van der Waals surface area contributed by atoms with Crippen molar-refractivity contribution in [3.63, 3.8) is 0 Å². The molecule has 0 heterocycles. The Labute approximate surface area is 645 Å². The first-order chi connectivity index (χ1) is 50.8. The fraction of sp³-hybridized carbons (Fsp3) is 0.953. The third kappa shape index (κ3) is 78.5. The second-order valence-corrected chi connectivity index (χ2v) is 35.0. The summed E-state index contributed by atoms with van der Waals surface area (Å²) >= 11 is 0. The topological polar surface area (TPSA) is 237 Å². The van der Waals surface area contributed by atoms with Gasteiger partial charge in [0.15, 0.2) is 12.2 Å². The maximum Gasteiger partial charge on any atom is 0.472 e. The quantitative estimate of drug-likeness (QED) is 0.0222. The van der Waals surface area contributed by atoms with E-state index in [1.807, 2.05) is 0 Å². The maximum absolute atomic E-state index is 13.1. The number of rotatable bonds is 84. The number of aliphatic hydroxyl groups is 1. The van der Waals surface area contributed by atoms with Crippen molar-refractivity contribution in [2.24, 2.45) is 17.8 Å². The molecule has 0 saturated heterocycles. The van der Waals surface area contributed by atoms with Crippen LogP contribution >= 0.6 is 15.6 Å². The third-order valence-electron chi connectivity index (χ3n) is 20.5. The number of hydrogen-bond acceptors (Lipinski definition) is 15. The van der Waals surface area contributed by atoms with Crippen LogP contribution in [0.2, 0.25) is 0 Å². The van der Waals surface area contributed by atoms with Crippen molar-refractivity contribution >= 4 is 39.5 Å². The predicted octanol–water partition coefficient (Wildman–Crippen LogP) is 26.1. The highest BCUT2D eigenvalue weighted by atomic mass is 31.2. The zero-order valence-corrected chi connectivity index (χ0v) is 71.0. The molecule has 0 fully saturated rings. The molecule has 0 aliphatic rings. The third-order valence-corrected chi connectivity index (χ3v) is 22.4. The first-order valence-electron chi connectivity index (χ1n) is 44.4. The molecule has 3 unspecified atom stereocenters. The molecule has 0 aliphatic heterocycles. The van der Waals surface area contributed by atoms with Gasteiger partial charge in [-0.3, -0.25) is 37.3 Å². The molecule has 0 aromatic rings. The highest BCUT2D eigenvalue weighted by molar-refractivity contribution is 7.47. The molecule has 0 radical (unpaired) electrons. The summed E-state index contributed by atoms with van der Waals surface area (Å²) in [6.45, 7) is 11.9. The lowest BCUT2D eigenvalue weighted by molar-refractivity contribution is -0.161. The Hall–Kier alpha value is -1.94. The summed E-state index contributed by atoms with van der Waals surface area (Å²) in [5, 5.41) is 10.7. The van der Waals surface area contributed by atoms with E-state index in [-0.39, 0.29) is 25.7 Å². The number of carbonyl (C=O) groups excluding carboxylic acids is 4. The van der Waals surface area contributed by atoms with Crippen molar-refractivity contribution in [3.8, 4) is 0 Å². The van der Waals surface area contributed by atoms with Gasteiger partial charge in [-0.2, -0.15) is 0 Å². The van der Waals surface area contributed by atoms with Crippen LogP contribution in [0.1, 0.15) is 453 Å². The number of ether oxygens (including phenoxy) is 4. The van der Waals surface area contributed by atoms with Crippen molar-refractivity contribution in [2.75, 3.05) is 39.6 Å². The molecule has 0 aliphatic carbocycles. The van der Waals surface area contributed by atoms with Gasteiger partial charge in [0.2, 0.25) is 0 Å². The number of phosphoric ester groups is 2. The molecule has 0 spiro atoms. The number of carbonyl (C=O) groups is 4.